The van der Waals surface area contributed by atoms with Crippen molar-refractivity contribution in [2.75, 3.05) is 6.54 Å². The summed E-state index contributed by atoms with van der Waals surface area (Å²) in [7, 11) is 0. The first-order chi connectivity index (χ1) is 9.19. The molecule has 0 aliphatic rings. The van der Waals surface area contributed by atoms with Crippen molar-refractivity contribution in [1.82, 2.24) is 10.3 Å². The van der Waals surface area contributed by atoms with Crippen LogP contribution in [0.4, 0.5) is 4.39 Å². The topological polar surface area (TPSA) is 24.9 Å². The number of thiazole rings is 1. The van der Waals surface area contributed by atoms with Gasteiger partial charge in [-0.1, -0.05) is 6.92 Å². The average molecular weight is 296 g/mol. The highest BCUT2D eigenvalue weighted by Crippen LogP contribution is 2.26. The Kier molecular flexibility index (Phi) is 5.36. The van der Waals surface area contributed by atoms with E-state index in [-0.39, 0.29) is 5.82 Å². The summed E-state index contributed by atoms with van der Waals surface area (Å²) in [6, 6.07) is 6.60. The van der Waals surface area contributed by atoms with Gasteiger partial charge < -0.3 is 5.32 Å². The van der Waals surface area contributed by atoms with Crippen LogP contribution < -0.4 is 5.32 Å². The van der Waals surface area contributed by atoms with Crippen LogP contribution in [0.2, 0.25) is 0 Å². The number of nitrogens with zero attached hydrogens (tertiary/aromatic N) is 1. The minimum atomic E-state index is -0.192. The van der Waals surface area contributed by atoms with Crippen molar-refractivity contribution in [3.63, 3.8) is 0 Å². The van der Waals surface area contributed by atoms with Gasteiger partial charge in [0.25, 0.3) is 0 Å². The minimum Gasteiger partial charge on any atom is -0.312 e. The maximum Gasteiger partial charge on any atom is 0.123 e. The van der Waals surface area contributed by atoms with Gasteiger partial charge in [-0.2, -0.15) is 0 Å². The van der Waals surface area contributed by atoms with Crippen molar-refractivity contribution in [2.45, 2.75) is 31.0 Å². The molecular weight excluding hydrogens is 279 g/mol. The molecule has 0 saturated heterocycles. The third-order valence-corrected chi connectivity index (χ3v) is 5.01. The van der Waals surface area contributed by atoms with Gasteiger partial charge in [-0.05, 0) is 37.7 Å². The summed E-state index contributed by atoms with van der Waals surface area (Å²) in [5.41, 5.74) is 1.11. The molecule has 1 heterocycles. The second-order valence-corrected chi connectivity index (χ2v) is 6.36. The second-order valence-electron chi connectivity index (χ2n) is 4.14. The first-order valence-corrected chi connectivity index (χ1v) is 8.03. The third-order valence-electron chi connectivity index (χ3n) is 2.65. The molecule has 0 amide bonds. The van der Waals surface area contributed by atoms with Gasteiger partial charge in [0.15, 0.2) is 0 Å². The predicted octanol–water partition coefficient (Wildman–Crippen LogP) is 3.99. The number of thioether (sulfide) groups is 1. The average Bonchev–Trinajstić information content (AvgIpc) is 2.76. The van der Waals surface area contributed by atoms with Crippen LogP contribution in [0, 0.1) is 12.7 Å². The van der Waals surface area contributed by atoms with Crippen LogP contribution in [0.1, 0.15) is 22.5 Å². The smallest absolute Gasteiger partial charge is 0.123 e. The molecule has 5 heteroatoms. The van der Waals surface area contributed by atoms with E-state index in [0.29, 0.717) is 0 Å². The summed E-state index contributed by atoms with van der Waals surface area (Å²) in [5, 5.41) is 4.45. The largest absolute Gasteiger partial charge is 0.312 e. The highest BCUT2D eigenvalue weighted by atomic mass is 32.2. The lowest BCUT2D eigenvalue weighted by molar-refractivity contribution is 0.626. The number of halogens is 1. The molecule has 0 radical (unpaired) electrons. The van der Waals surface area contributed by atoms with Crippen LogP contribution in [0.25, 0.3) is 0 Å². The molecule has 1 N–H and O–H groups in total. The lowest BCUT2D eigenvalue weighted by Crippen LogP contribution is -2.11. The van der Waals surface area contributed by atoms with E-state index in [4.69, 9.17) is 0 Å². The predicted molar refractivity (Wildman–Crippen MR) is 80.2 cm³/mol. The molecule has 1 aromatic heterocycles. The molecule has 2 nitrogen and oxygen atoms in total. The Morgan fingerprint density at radius 1 is 1.32 bits per heavy atom. The number of benzene rings is 1. The fourth-order valence-electron chi connectivity index (χ4n) is 1.63. The van der Waals surface area contributed by atoms with Gasteiger partial charge >= 0.3 is 0 Å². The van der Waals surface area contributed by atoms with Crippen LogP contribution >= 0.6 is 23.1 Å². The summed E-state index contributed by atoms with van der Waals surface area (Å²) >= 11 is 3.44. The summed E-state index contributed by atoms with van der Waals surface area (Å²) in [5.74, 6) is 0.644. The summed E-state index contributed by atoms with van der Waals surface area (Å²) in [4.78, 5) is 6.95. The van der Waals surface area contributed by atoms with E-state index in [9.17, 15) is 4.39 Å². The maximum absolute atomic E-state index is 12.8. The zero-order valence-electron chi connectivity index (χ0n) is 11.1. The van der Waals surface area contributed by atoms with Crippen LogP contribution in [0.15, 0.2) is 29.2 Å². The number of hydrogen-bond donors (Lipinski definition) is 1. The third kappa shape index (κ3) is 4.30. The molecule has 0 fully saturated rings. The van der Waals surface area contributed by atoms with Crippen molar-refractivity contribution >= 4 is 23.1 Å². The highest BCUT2D eigenvalue weighted by molar-refractivity contribution is 7.98. The molecule has 2 rings (SSSR count). The Labute approximate surface area is 121 Å². The fraction of sp³-hybridized carbons (Fsp3) is 0.357. The van der Waals surface area contributed by atoms with Crippen molar-refractivity contribution < 1.29 is 4.39 Å². The number of aryl methyl sites for hydroxylation is 1. The van der Waals surface area contributed by atoms with Gasteiger partial charge in [0.1, 0.15) is 10.8 Å². The van der Waals surface area contributed by atoms with E-state index in [0.717, 1.165) is 34.4 Å². The molecule has 19 heavy (non-hydrogen) atoms. The van der Waals surface area contributed by atoms with Crippen molar-refractivity contribution in [1.29, 1.82) is 0 Å². The zero-order chi connectivity index (χ0) is 13.7. The van der Waals surface area contributed by atoms with Crippen molar-refractivity contribution in [3.8, 4) is 0 Å². The van der Waals surface area contributed by atoms with Gasteiger partial charge in [0.05, 0.1) is 11.4 Å². The quantitative estimate of drug-likeness (QED) is 0.816. The van der Waals surface area contributed by atoms with Gasteiger partial charge in [0, 0.05) is 16.3 Å². The van der Waals surface area contributed by atoms with E-state index < -0.39 is 0 Å². The van der Waals surface area contributed by atoms with Crippen LogP contribution in [0.5, 0.6) is 0 Å². The van der Waals surface area contributed by atoms with E-state index in [2.05, 4.69) is 24.1 Å². The molecule has 2 aromatic rings. The Balaban J connectivity index is 1.94. The second kappa shape index (κ2) is 7.03. The van der Waals surface area contributed by atoms with Crippen molar-refractivity contribution in [3.05, 3.63) is 45.7 Å². The molecule has 102 valence electrons. The summed E-state index contributed by atoms with van der Waals surface area (Å²) < 4.78 is 12.8. The minimum absolute atomic E-state index is 0.192. The van der Waals surface area contributed by atoms with Gasteiger partial charge in [-0.25, -0.2) is 9.37 Å². The Morgan fingerprint density at radius 2 is 2.05 bits per heavy atom. The van der Waals surface area contributed by atoms with E-state index in [1.807, 2.05) is 0 Å². The molecule has 0 aliphatic carbocycles. The molecule has 0 bridgehead atoms. The molecule has 0 spiro atoms. The van der Waals surface area contributed by atoms with Crippen LogP contribution in [-0.4, -0.2) is 11.5 Å². The number of hydrogen-bond acceptors (Lipinski definition) is 4. The molecular formula is C14H17FN2S2. The summed E-state index contributed by atoms with van der Waals surface area (Å²) in [6.07, 6.45) is 0. The lowest BCUT2D eigenvalue weighted by atomic mass is 10.4. The van der Waals surface area contributed by atoms with E-state index >= 15 is 0 Å². The number of aromatic nitrogens is 1. The van der Waals surface area contributed by atoms with Gasteiger partial charge in [0.2, 0.25) is 0 Å². The van der Waals surface area contributed by atoms with E-state index in [1.54, 1.807) is 35.2 Å². The van der Waals surface area contributed by atoms with Crippen LogP contribution in [0.3, 0.4) is 0 Å². The Bertz CT molecular complexity index is 523. The molecule has 0 unspecified atom stereocenters. The zero-order valence-corrected chi connectivity index (χ0v) is 12.7. The first kappa shape index (κ1) is 14.5. The lowest BCUT2D eigenvalue weighted by Gasteiger charge is -1.98. The van der Waals surface area contributed by atoms with Crippen molar-refractivity contribution in [2.24, 2.45) is 0 Å². The van der Waals surface area contributed by atoms with Gasteiger partial charge in [-0.3, -0.25) is 0 Å². The summed E-state index contributed by atoms with van der Waals surface area (Å²) in [6.45, 7) is 6.01. The SMILES string of the molecule is CCNCc1sc(CSc2ccc(F)cc2)nc1C. The fourth-order valence-corrected chi connectivity index (χ4v) is 3.56. The molecule has 1 aromatic carbocycles. The molecule has 0 atom stereocenters. The molecule has 0 aliphatic heterocycles. The Morgan fingerprint density at radius 3 is 2.74 bits per heavy atom. The number of nitrogens with one attached hydrogen (secondary N) is 1. The number of rotatable bonds is 6. The monoisotopic (exact) mass is 296 g/mol. The van der Waals surface area contributed by atoms with Gasteiger partial charge in [-0.15, -0.1) is 23.1 Å². The Hall–Kier alpha value is -0.910. The van der Waals surface area contributed by atoms with Crippen LogP contribution in [-0.2, 0) is 12.3 Å². The standard InChI is InChI=1S/C14H17FN2S2/c1-3-16-8-13-10(2)17-14(19-13)9-18-12-6-4-11(15)5-7-12/h4-7,16H,3,8-9H2,1-2H3. The highest BCUT2D eigenvalue weighted by Gasteiger charge is 2.07. The normalized spacial score (nSPS) is 10.9. The maximum atomic E-state index is 12.8. The first-order valence-electron chi connectivity index (χ1n) is 6.23. The molecule has 0 saturated carbocycles. The van der Waals surface area contributed by atoms with E-state index in [1.165, 1.54) is 17.0 Å².